The van der Waals surface area contributed by atoms with Gasteiger partial charge in [0.25, 0.3) is 0 Å². The van der Waals surface area contributed by atoms with E-state index < -0.39 is 10.0 Å². The lowest BCUT2D eigenvalue weighted by molar-refractivity contribution is -0.116. The van der Waals surface area contributed by atoms with Gasteiger partial charge in [0.05, 0.1) is 6.26 Å². The second-order valence-electron chi connectivity index (χ2n) is 5.54. The topological polar surface area (TPSA) is 75.3 Å². The summed E-state index contributed by atoms with van der Waals surface area (Å²) in [4.78, 5) is 11.8. The summed E-state index contributed by atoms with van der Waals surface area (Å²) in [6.45, 7) is 2.48. The van der Waals surface area contributed by atoms with Crippen LogP contribution in [0.25, 0.3) is 6.08 Å². The van der Waals surface area contributed by atoms with E-state index in [0.717, 1.165) is 22.9 Å². The van der Waals surface area contributed by atoms with E-state index in [4.69, 9.17) is 0 Å². The number of carbonyl (C=O) groups is 1. The highest BCUT2D eigenvalue weighted by atomic mass is 32.2. The Morgan fingerprint density at radius 2 is 1.83 bits per heavy atom. The molecule has 2 rings (SSSR count). The summed E-state index contributed by atoms with van der Waals surface area (Å²) in [7, 11) is -3.28. The van der Waals surface area contributed by atoms with Gasteiger partial charge in [-0.15, -0.1) is 0 Å². The molecule has 2 aromatic rings. The van der Waals surface area contributed by atoms with Gasteiger partial charge in [-0.25, -0.2) is 8.42 Å². The molecule has 0 atom stereocenters. The molecule has 126 valence electrons. The number of hydrogen-bond acceptors (Lipinski definition) is 3. The first-order chi connectivity index (χ1) is 11.3. The Morgan fingerprint density at radius 3 is 2.46 bits per heavy atom. The molecule has 0 saturated heterocycles. The van der Waals surface area contributed by atoms with Crippen LogP contribution >= 0.6 is 0 Å². The fourth-order valence-corrected chi connectivity index (χ4v) is 2.68. The third-order valence-corrected chi connectivity index (χ3v) is 3.80. The highest BCUT2D eigenvalue weighted by Crippen LogP contribution is 2.12. The van der Waals surface area contributed by atoms with Crippen LogP contribution in [0.1, 0.15) is 16.7 Å². The highest BCUT2D eigenvalue weighted by Gasteiger charge is 2.01. The minimum absolute atomic E-state index is 0.185. The maximum atomic E-state index is 11.8. The molecular formula is C18H20N2O3S. The number of anilines is 1. The summed E-state index contributed by atoms with van der Waals surface area (Å²) in [6.07, 6.45) is 4.23. The lowest BCUT2D eigenvalue weighted by Gasteiger charge is -2.04. The largest absolute Gasteiger partial charge is 0.348 e. The molecular weight excluding hydrogens is 324 g/mol. The van der Waals surface area contributed by atoms with Crippen LogP contribution in [0.15, 0.2) is 54.6 Å². The van der Waals surface area contributed by atoms with Crippen molar-refractivity contribution in [3.8, 4) is 0 Å². The molecule has 0 radical (unpaired) electrons. The third kappa shape index (κ3) is 6.26. The number of aryl methyl sites for hydroxylation is 1. The summed E-state index contributed by atoms with van der Waals surface area (Å²) in [5.41, 5.74) is 3.49. The first-order valence-electron chi connectivity index (χ1n) is 7.41. The van der Waals surface area contributed by atoms with Gasteiger partial charge >= 0.3 is 0 Å². The molecule has 0 fully saturated rings. The van der Waals surface area contributed by atoms with Gasteiger partial charge in [0, 0.05) is 18.3 Å². The third-order valence-electron chi connectivity index (χ3n) is 3.19. The molecule has 0 heterocycles. The molecule has 0 aliphatic carbocycles. The lowest BCUT2D eigenvalue weighted by Crippen LogP contribution is -2.20. The van der Waals surface area contributed by atoms with Crippen LogP contribution in [0, 0.1) is 6.92 Å². The second-order valence-corrected chi connectivity index (χ2v) is 7.28. The molecule has 6 heteroatoms. The van der Waals surface area contributed by atoms with E-state index in [0.29, 0.717) is 12.2 Å². The fourth-order valence-electron chi connectivity index (χ4n) is 2.12. The van der Waals surface area contributed by atoms with E-state index in [9.17, 15) is 13.2 Å². The molecule has 0 aliphatic rings. The SMILES string of the molecule is Cc1cccc(CNC(=O)/C=C/c2ccc(NS(C)(=O)=O)cc2)c1. The number of carbonyl (C=O) groups excluding carboxylic acids is 1. The predicted molar refractivity (Wildman–Crippen MR) is 97.0 cm³/mol. The summed E-state index contributed by atoms with van der Waals surface area (Å²) in [6, 6.07) is 14.7. The van der Waals surface area contributed by atoms with Crippen LogP contribution in [-0.4, -0.2) is 20.6 Å². The second kappa shape index (κ2) is 7.79. The first-order valence-corrected chi connectivity index (χ1v) is 9.30. The summed E-state index contributed by atoms with van der Waals surface area (Å²) in [5, 5.41) is 2.82. The van der Waals surface area contributed by atoms with E-state index in [1.54, 1.807) is 30.3 Å². The summed E-state index contributed by atoms with van der Waals surface area (Å²) >= 11 is 0. The average Bonchev–Trinajstić information content (AvgIpc) is 2.51. The molecule has 24 heavy (non-hydrogen) atoms. The Bertz CT molecular complexity index is 841. The first kappa shape index (κ1) is 17.7. The number of sulfonamides is 1. The summed E-state index contributed by atoms with van der Waals surface area (Å²) < 4.78 is 24.7. The van der Waals surface area contributed by atoms with E-state index in [1.807, 2.05) is 31.2 Å². The molecule has 2 N–H and O–H groups in total. The zero-order valence-electron chi connectivity index (χ0n) is 13.6. The molecule has 1 amide bonds. The predicted octanol–water partition coefficient (Wildman–Crippen LogP) is 2.70. The number of amides is 1. The van der Waals surface area contributed by atoms with Gasteiger partial charge in [-0.1, -0.05) is 42.0 Å². The molecule has 0 bridgehead atoms. The Kier molecular flexibility index (Phi) is 5.76. The Hall–Kier alpha value is -2.60. The minimum Gasteiger partial charge on any atom is -0.348 e. The zero-order chi connectivity index (χ0) is 17.6. The average molecular weight is 344 g/mol. The smallest absolute Gasteiger partial charge is 0.244 e. The van der Waals surface area contributed by atoms with Crippen LogP contribution in [0.3, 0.4) is 0 Å². The van der Waals surface area contributed by atoms with Crippen molar-refractivity contribution >= 4 is 27.7 Å². The van der Waals surface area contributed by atoms with Crippen LogP contribution in [0.4, 0.5) is 5.69 Å². The van der Waals surface area contributed by atoms with Crippen molar-refractivity contribution < 1.29 is 13.2 Å². The normalized spacial score (nSPS) is 11.4. The van der Waals surface area contributed by atoms with Crippen LogP contribution in [0.5, 0.6) is 0 Å². The quantitative estimate of drug-likeness (QED) is 0.791. The van der Waals surface area contributed by atoms with Crippen LogP contribution < -0.4 is 10.0 Å². The minimum atomic E-state index is -3.28. The molecule has 5 nitrogen and oxygen atoms in total. The van der Waals surface area contributed by atoms with Crippen LogP contribution in [0.2, 0.25) is 0 Å². The van der Waals surface area contributed by atoms with E-state index in [1.165, 1.54) is 6.08 Å². The van der Waals surface area contributed by atoms with Crippen molar-refractivity contribution in [1.82, 2.24) is 5.32 Å². The van der Waals surface area contributed by atoms with E-state index in [-0.39, 0.29) is 5.91 Å². The number of hydrogen-bond donors (Lipinski definition) is 2. The van der Waals surface area contributed by atoms with Gasteiger partial charge in [0.15, 0.2) is 0 Å². The maximum absolute atomic E-state index is 11.8. The monoisotopic (exact) mass is 344 g/mol. The molecule has 0 aromatic heterocycles. The van der Waals surface area contributed by atoms with Crippen molar-refractivity contribution in [2.24, 2.45) is 0 Å². The Morgan fingerprint density at radius 1 is 1.12 bits per heavy atom. The van der Waals surface area contributed by atoms with Gasteiger partial charge in [0.1, 0.15) is 0 Å². The van der Waals surface area contributed by atoms with E-state index >= 15 is 0 Å². The van der Waals surface area contributed by atoms with Gasteiger partial charge in [-0.05, 0) is 36.3 Å². The number of rotatable bonds is 6. The van der Waals surface area contributed by atoms with Crippen molar-refractivity contribution in [2.75, 3.05) is 11.0 Å². The highest BCUT2D eigenvalue weighted by molar-refractivity contribution is 7.92. The molecule has 0 unspecified atom stereocenters. The maximum Gasteiger partial charge on any atom is 0.244 e. The summed E-state index contributed by atoms with van der Waals surface area (Å²) in [5.74, 6) is -0.185. The van der Waals surface area contributed by atoms with E-state index in [2.05, 4.69) is 10.0 Å². The standard InChI is InChI=1S/C18H20N2O3S/c1-14-4-3-5-16(12-14)13-19-18(21)11-8-15-6-9-17(10-7-15)20-24(2,22)23/h3-12,20H,13H2,1-2H3,(H,19,21)/b11-8+. The van der Waals surface area contributed by atoms with Crippen molar-refractivity contribution in [2.45, 2.75) is 13.5 Å². The van der Waals surface area contributed by atoms with Crippen LogP contribution in [-0.2, 0) is 21.4 Å². The van der Waals surface area contributed by atoms with Crippen molar-refractivity contribution in [3.63, 3.8) is 0 Å². The molecule has 0 aliphatic heterocycles. The van der Waals surface area contributed by atoms with Gasteiger partial charge in [-0.2, -0.15) is 0 Å². The fraction of sp³-hybridized carbons (Fsp3) is 0.167. The Balaban J connectivity index is 1.89. The number of benzene rings is 2. The zero-order valence-corrected chi connectivity index (χ0v) is 14.4. The van der Waals surface area contributed by atoms with Crippen molar-refractivity contribution in [1.29, 1.82) is 0 Å². The lowest BCUT2D eigenvalue weighted by atomic mass is 10.1. The van der Waals surface area contributed by atoms with Gasteiger partial charge < -0.3 is 5.32 Å². The van der Waals surface area contributed by atoms with Crippen molar-refractivity contribution in [3.05, 3.63) is 71.3 Å². The molecule has 2 aromatic carbocycles. The Labute approximate surface area is 142 Å². The molecule has 0 saturated carbocycles. The molecule has 0 spiro atoms. The van der Waals surface area contributed by atoms with Gasteiger partial charge in [0.2, 0.25) is 15.9 Å². The number of nitrogens with one attached hydrogen (secondary N) is 2. The van der Waals surface area contributed by atoms with Gasteiger partial charge in [-0.3, -0.25) is 9.52 Å².